The molecule has 0 unspecified atom stereocenters. The SMILES string of the molecule is CC1(C)C(=C/C=C/C2=[N+](CCCCS(=O)(=O)O)c3ccc(N)cc3C2(C)C)Cc2ccc(N)cc21. The van der Waals surface area contributed by atoms with E-state index in [0.717, 1.165) is 34.8 Å². The van der Waals surface area contributed by atoms with Crippen LogP contribution in [0.1, 0.15) is 57.2 Å². The van der Waals surface area contributed by atoms with E-state index < -0.39 is 10.1 Å². The highest BCUT2D eigenvalue weighted by molar-refractivity contribution is 7.85. The molecule has 2 aromatic rings. The van der Waals surface area contributed by atoms with Crippen molar-refractivity contribution in [3.8, 4) is 0 Å². The van der Waals surface area contributed by atoms with Crippen LogP contribution in [-0.2, 0) is 27.4 Å². The maximum atomic E-state index is 11.1. The van der Waals surface area contributed by atoms with Crippen molar-refractivity contribution in [1.82, 2.24) is 0 Å². The maximum absolute atomic E-state index is 11.1. The lowest BCUT2D eigenvalue weighted by Crippen LogP contribution is -2.28. The van der Waals surface area contributed by atoms with E-state index in [1.165, 1.54) is 16.7 Å². The molecular weight excluding hydrogens is 458 g/mol. The average Bonchev–Trinajstić information content (AvgIpc) is 3.12. The Morgan fingerprint density at radius 1 is 0.971 bits per heavy atom. The number of nitrogens with zero attached hydrogens (tertiary/aromatic N) is 1. The Morgan fingerprint density at radius 2 is 1.63 bits per heavy atom. The van der Waals surface area contributed by atoms with Gasteiger partial charge in [-0.1, -0.05) is 37.6 Å². The first-order chi connectivity index (χ1) is 16.3. The summed E-state index contributed by atoms with van der Waals surface area (Å²) in [6, 6.07) is 12.1. The third-order valence-corrected chi connectivity index (χ3v) is 8.30. The molecule has 0 fully saturated rings. The van der Waals surface area contributed by atoms with Gasteiger partial charge in [-0.3, -0.25) is 4.55 Å². The minimum Gasteiger partial charge on any atom is -0.399 e. The highest BCUT2D eigenvalue weighted by Crippen LogP contribution is 2.44. The normalized spacial score (nSPS) is 19.5. The molecule has 2 aromatic carbocycles. The van der Waals surface area contributed by atoms with Gasteiger partial charge in [-0.25, -0.2) is 0 Å². The van der Waals surface area contributed by atoms with Gasteiger partial charge in [0.1, 0.15) is 6.54 Å². The smallest absolute Gasteiger partial charge is 0.264 e. The second-order valence-corrected chi connectivity index (χ2v) is 12.3. The van der Waals surface area contributed by atoms with Crippen LogP contribution < -0.4 is 11.5 Å². The number of nitrogens with two attached hydrogens (primary N) is 2. The van der Waals surface area contributed by atoms with Crippen LogP contribution in [0, 0.1) is 0 Å². The fourth-order valence-corrected chi connectivity index (χ4v) is 6.01. The van der Waals surface area contributed by atoms with E-state index in [-0.39, 0.29) is 16.6 Å². The minimum atomic E-state index is -3.95. The molecular formula is C28H36N3O3S+. The Kier molecular flexibility index (Phi) is 6.45. The zero-order chi connectivity index (χ0) is 25.6. The van der Waals surface area contributed by atoms with Crippen LogP contribution in [-0.4, -0.2) is 35.6 Å². The molecule has 0 amide bonds. The zero-order valence-electron chi connectivity index (χ0n) is 21.0. The fraction of sp³-hybridized carbons (Fsp3) is 0.393. The Morgan fingerprint density at radius 3 is 2.31 bits per heavy atom. The third kappa shape index (κ3) is 4.93. The Hall–Kier alpha value is -2.90. The Bertz CT molecular complexity index is 1370. The molecule has 0 spiro atoms. The number of nitrogen functional groups attached to an aromatic ring is 2. The highest BCUT2D eigenvalue weighted by Gasteiger charge is 2.44. The first-order valence-corrected chi connectivity index (χ1v) is 13.7. The number of fused-ring (bicyclic) bond motifs is 2. The predicted molar refractivity (Wildman–Crippen MR) is 144 cm³/mol. The van der Waals surface area contributed by atoms with Crippen LogP contribution in [0.15, 0.2) is 60.2 Å². The van der Waals surface area contributed by atoms with Gasteiger partial charge in [-0.2, -0.15) is 13.0 Å². The zero-order valence-corrected chi connectivity index (χ0v) is 21.8. The summed E-state index contributed by atoms with van der Waals surface area (Å²) in [4.78, 5) is 0. The topological polar surface area (TPSA) is 109 Å². The number of benzene rings is 2. The molecule has 0 bridgehead atoms. The molecule has 4 rings (SSSR count). The summed E-state index contributed by atoms with van der Waals surface area (Å²) in [5, 5.41) is 0. The third-order valence-electron chi connectivity index (χ3n) is 7.49. The van der Waals surface area contributed by atoms with Gasteiger partial charge >= 0.3 is 0 Å². The quantitative estimate of drug-likeness (QED) is 0.219. The van der Waals surface area contributed by atoms with Crippen LogP contribution in [0.5, 0.6) is 0 Å². The van der Waals surface area contributed by atoms with Crippen molar-refractivity contribution in [3.05, 3.63) is 76.9 Å². The van der Waals surface area contributed by atoms with E-state index in [2.05, 4.69) is 62.6 Å². The summed E-state index contributed by atoms with van der Waals surface area (Å²) in [6.07, 6.45) is 8.46. The van der Waals surface area contributed by atoms with E-state index in [1.807, 2.05) is 24.3 Å². The Balaban J connectivity index is 1.66. The van der Waals surface area contributed by atoms with Crippen LogP contribution in [0.3, 0.4) is 0 Å². The number of allylic oxidation sites excluding steroid dienone is 4. The van der Waals surface area contributed by atoms with Crippen molar-refractivity contribution in [2.45, 2.75) is 57.8 Å². The summed E-state index contributed by atoms with van der Waals surface area (Å²) in [7, 11) is -3.95. The molecule has 6 nitrogen and oxygen atoms in total. The molecule has 1 aliphatic heterocycles. The number of hydrogen-bond acceptors (Lipinski definition) is 4. The van der Waals surface area contributed by atoms with Crippen molar-refractivity contribution in [2.24, 2.45) is 0 Å². The van der Waals surface area contributed by atoms with E-state index >= 15 is 0 Å². The summed E-state index contributed by atoms with van der Waals surface area (Å²) < 4.78 is 33.6. The van der Waals surface area contributed by atoms with Crippen LogP contribution in [0.25, 0.3) is 0 Å². The van der Waals surface area contributed by atoms with E-state index in [1.54, 1.807) is 0 Å². The van der Waals surface area contributed by atoms with Crippen LogP contribution in [0.2, 0.25) is 0 Å². The standard InChI is InChI=1S/C28H35N3O3S/c1-27(2)20(16-19-10-11-21(29)17-23(19)27)8-7-9-26-28(3,4)24-18-22(30)12-13-25(24)31(26)14-5-6-15-35(32,33)34/h7-13,17-18H,5-6,14-16,29-30H2,1-4H3/p+1/b9-7+,20-8?. The average molecular weight is 495 g/mol. The van der Waals surface area contributed by atoms with E-state index in [9.17, 15) is 8.42 Å². The first-order valence-electron chi connectivity index (χ1n) is 12.1. The number of rotatable bonds is 7. The lowest BCUT2D eigenvalue weighted by Gasteiger charge is -2.22. The maximum Gasteiger partial charge on any atom is 0.264 e. The van der Waals surface area contributed by atoms with Gasteiger partial charge in [0.15, 0.2) is 5.71 Å². The van der Waals surface area contributed by atoms with E-state index in [4.69, 9.17) is 16.0 Å². The van der Waals surface area contributed by atoms with Gasteiger partial charge in [-0.15, -0.1) is 0 Å². The van der Waals surface area contributed by atoms with Crippen molar-refractivity contribution in [3.63, 3.8) is 0 Å². The molecule has 0 saturated heterocycles. The second kappa shape index (κ2) is 8.95. The summed E-state index contributed by atoms with van der Waals surface area (Å²) in [6.45, 7) is 9.51. The monoisotopic (exact) mass is 494 g/mol. The molecule has 0 atom stereocenters. The van der Waals surface area contributed by atoms with Crippen molar-refractivity contribution >= 4 is 32.9 Å². The molecule has 35 heavy (non-hydrogen) atoms. The highest BCUT2D eigenvalue weighted by atomic mass is 32.2. The van der Waals surface area contributed by atoms with E-state index in [0.29, 0.717) is 19.4 Å². The van der Waals surface area contributed by atoms with Crippen molar-refractivity contribution in [1.29, 1.82) is 0 Å². The molecule has 7 heteroatoms. The summed E-state index contributed by atoms with van der Waals surface area (Å²) in [5.74, 6) is -0.226. The first kappa shape index (κ1) is 25.2. The van der Waals surface area contributed by atoms with Crippen molar-refractivity contribution in [2.75, 3.05) is 23.8 Å². The summed E-state index contributed by atoms with van der Waals surface area (Å²) >= 11 is 0. The van der Waals surface area contributed by atoms with Crippen molar-refractivity contribution < 1.29 is 17.5 Å². The summed E-state index contributed by atoms with van der Waals surface area (Å²) in [5.41, 5.74) is 20.7. The molecule has 1 heterocycles. The molecule has 0 aromatic heterocycles. The molecule has 2 aliphatic rings. The minimum absolute atomic E-state index is 0.0855. The van der Waals surface area contributed by atoms with Gasteiger partial charge in [-0.05, 0) is 62.1 Å². The van der Waals surface area contributed by atoms with Gasteiger partial charge < -0.3 is 11.5 Å². The van der Waals surface area contributed by atoms with Crippen LogP contribution >= 0.6 is 0 Å². The second-order valence-electron chi connectivity index (χ2n) is 10.7. The number of hydrogen-bond donors (Lipinski definition) is 3. The molecule has 1 aliphatic carbocycles. The fourth-order valence-electron chi connectivity index (χ4n) is 5.44. The lowest BCUT2D eigenvalue weighted by atomic mass is 9.80. The number of unbranched alkanes of at least 4 members (excludes halogenated alkanes) is 1. The number of anilines is 2. The lowest BCUT2D eigenvalue weighted by molar-refractivity contribution is -0.438. The van der Waals surface area contributed by atoms with Gasteiger partial charge in [0, 0.05) is 40.9 Å². The molecule has 0 radical (unpaired) electrons. The van der Waals surface area contributed by atoms with Crippen LogP contribution in [0.4, 0.5) is 17.1 Å². The van der Waals surface area contributed by atoms with Gasteiger partial charge in [0.05, 0.1) is 11.2 Å². The molecule has 186 valence electrons. The molecule has 0 saturated carbocycles. The van der Waals surface area contributed by atoms with Gasteiger partial charge in [0.25, 0.3) is 10.1 Å². The predicted octanol–water partition coefficient (Wildman–Crippen LogP) is 4.91. The van der Waals surface area contributed by atoms with Gasteiger partial charge in [0.2, 0.25) is 5.69 Å². The largest absolute Gasteiger partial charge is 0.399 e. The Labute approximate surface area is 208 Å². The molecule has 5 N–H and O–H groups in total.